The lowest BCUT2D eigenvalue weighted by molar-refractivity contribution is 0.100. The highest BCUT2D eigenvalue weighted by atomic mass is 16.1. The molecular formula is C22H24N4O. The summed E-state index contributed by atoms with van der Waals surface area (Å²) in [5, 5.41) is 1.22. The number of carbonyl (C=O) groups excluding carboxylic acids is 1. The Morgan fingerprint density at radius 1 is 1.00 bits per heavy atom. The van der Waals surface area contributed by atoms with Crippen molar-refractivity contribution in [3.8, 4) is 0 Å². The normalized spacial score (nSPS) is 14.6. The second kappa shape index (κ2) is 7.27. The van der Waals surface area contributed by atoms with Crippen molar-refractivity contribution in [1.82, 2.24) is 4.98 Å². The number of aryl methyl sites for hydroxylation is 1. The maximum absolute atomic E-state index is 11.2. The molecule has 2 heterocycles. The maximum atomic E-state index is 11.2. The van der Waals surface area contributed by atoms with Crippen molar-refractivity contribution in [3.05, 3.63) is 65.9 Å². The number of rotatable bonds is 4. The first kappa shape index (κ1) is 17.3. The third kappa shape index (κ3) is 3.45. The number of amides is 1. The molecule has 1 fully saturated rings. The van der Waals surface area contributed by atoms with Gasteiger partial charge in [0.2, 0.25) is 5.91 Å². The van der Waals surface area contributed by atoms with Gasteiger partial charge >= 0.3 is 0 Å². The third-order valence-corrected chi connectivity index (χ3v) is 5.25. The number of pyridine rings is 1. The highest BCUT2D eigenvalue weighted by Gasteiger charge is 2.20. The first-order chi connectivity index (χ1) is 13.2. The molecule has 0 saturated carbocycles. The number of benzene rings is 2. The van der Waals surface area contributed by atoms with Gasteiger partial charge in [-0.05, 0) is 42.8 Å². The molecule has 0 bridgehead atoms. The van der Waals surface area contributed by atoms with Gasteiger partial charge < -0.3 is 15.5 Å². The van der Waals surface area contributed by atoms with Gasteiger partial charge in [0.15, 0.2) is 0 Å². The smallest absolute Gasteiger partial charge is 0.248 e. The molecule has 4 rings (SSSR count). The second-order valence-corrected chi connectivity index (χ2v) is 6.89. The molecule has 0 aliphatic carbocycles. The van der Waals surface area contributed by atoms with Crippen LogP contribution >= 0.6 is 0 Å². The zero-order chi connectivity index (χ0) is 18.8. The summed E-state index contributed by atoms with van der Waals surface area (Å²) in [7, 11) is 0. The van der Waals surface area contributed by atoms with Gasteiger partial charge in [-0.3, -0.25) is 9.78 Å². The summed E-state index contributed by atoms with van der Waals surface area (Å²) >= 11 is 0. The highest BCUT2D eigenvalue weighted by molar-refractivity contribution is 5.93. The summed E-state index contributed by atoms with van der Waals surface area (Å²) in [5.41, 5.74) is 10.5. The van der Waals surface area contributed by atoms with Crippen LogP contribution in [0.25, 0.3) is 10.9 Å². The molecule has 138 valence electrons. The number of nitrogens with two attached hydrogens (primary N) is 1. The fraction of sp³-hybridized carbons (Fsp3) is 0.273. The van der Waals surface area contributed by atoms with Crippen LogP contribution in [0.3, 0.4) is 0 Å². The number of fused-ring (bicyclic) bond motifs is 1. The van der Waals surface area contributed by atoms with Crippen molar-refractivity contribution >= 4 is 28.2 Å². The van der Waals surface area contributed by atoms with Crippen LogP contribution < -0.4 is 15.5 Å². The summed E-state index contributed by atoms with van der Waals surface area (Å²) < 4.78 is 0. The summed E-state index contributed by atoms with van der Waals surface area (Å²) in [4.78, 5) is 20.8. The molecule has 5 nitrogen and oxygen atoms in total. The standard InChI is InChI=1S/C22H24N4O/c1-2-17-15-21(19-5-3-4-6-20(19)24-17)26-13-11-25(12-14-26)18-9-7-16(8-10-18)22(23)27/h3-10,15H,2,11-14H2,1H3,(H2,23,27). The van der Waals surface area contributed by atoms with Crippen LogP contribution in [-0.2, 0) is 6.42 Å². The fourth-order valence-corrected chi connectivity index (χ4v) is 3.70. The number of anilines is 2. The van der Waals surface area contributed by atoms with Gasteiger partial charge in [-0.2, -0.15) is 0 Å². The zero-order valence-corrected chi connectivity index (χ0v) is 15.6. The Balaban J connectivity index is 1.54. The van der Waals surface area contributed by atoms with E-state index in [1.807, 2.05) is 18.2 Å². The topological polar surface area (TPSA) is 62.5 Å². The molecule has 0 spiro atoms. The molecule has 1 aliphatic heterocycles. The van der Waals surface area contributed by atoms with Gasteiger partial charge in [0, 0.05) is 54.2 Å². The van der Waals surface area contributed by atoms with E-state index >= 15 is 0 Å². The Labute approximate surface area is 159 Å². The lowest BCUT2D eigenvalue weighted by Gasteiger charge is -2.38. The van der Waals surface area contributed by atoms with Gasteiger partial charge in [0.25, 0.3) is 0 Å². The first-order valence-electron chi connectivity index (χ1n) is 9.44. The number of piperazine rings is 1. The van der Waals surface area contributed by atoms with Crippen LogP contribution in [0.2, 0.25) is 0 Å². The molecule has 2 N–H and O–H groups in total. The third-order valence-electron chi connectivity index (χ3n) is 5.25. The molecule has 3 aromatic rings. The lowest BCUT2D eigenvalue weighted by atomic mass is 10.1. The Kier molecular flexibility index (Phi) is 4.67. The van der Waals surface area contributed by atoms with Crippen molar-refractivity contribution < 1.29 is 4.79 Å². The quantitative estimate of drug-likeness (QED) is 0.776. The summed E-state index contributed by atoms with van der Waals surface area (Å²) in [6.07, 6.45) is 0.935. The summed E-state index contributed by atoms with van der Waals surface area (Å²) in [5.74, 6) is -0.386. The maximum Gasteiger partial charge on any atom is 0.248 e. The highest BCUT2D eigenvalue weighted by Crippen LogP contribution is 2.29. The molecule has 1 aliphatic rings. The monoisotopic (exact) mass is 360 g/mol. The van der Waals surface area contributed by atoms with E-state index in [2.05, 4.69) is 41.0 Å². The second-order valence-electron chi connectivity index (χ2n) is 6.89. The van der Waals surface area contributed by atoms with Gasteiger partial charge in [-0.15, -0.1) is 0 Å². The predicted molar refractivity (Wildman–Crippen MR) is 111 cm³/mol. The van der Waals surface area contributed by atoms with Crippen LogP contribution in [-0.4, -0.2) is 37.1 Å². The minimum atomic E-state index is -0.386. The first-order valence-corrected chi connectivity index (χ1v) is 9.44. The van der Waals surface area contributed by atoms with E-state index in [1.165, 1.54) is 11.1 Å². The number of para-hydroxylation sites is 1. The van der Waals surface area contributed by atoms with Crippen molar-refractivity contribution in [3.63, 3.8) is 0 Å². The van der Waals surface area contributed by atoms with Gasteiger partial charge in [-0.25, -0.2) is 0 Å². The van der Waals surface area contributed by atoms with Crippen molar-refractivity contribution in [2.45, 2.75) is 13.3 Å². The minimum Gasteiger partial charge on any atom is -0.368 e. The molecule has 0 atom stereocenters. The largest absolute Gasteiger partial charge is 0.368 e. The molecule has 0 radical (unpaired) electrons. The van der Waals surface area contributed by atoms with Crippen LogP contribution in [0, 0.1) is 0 Å². The number of aromatic nitrogens is 1. The Hall–Kier alpha value is -3.08. The SMILES string of the molecule is CCc1cc(N2CCN(c3ccc(C(N)=O)cc3)CC2)c2ccccc2n1. The average molecular weight is 360 g/mol. The molecule has 1 aromatic heterocycles. The Morgan fingerprint density at radius 2 is 1.67 bits per heavy atom. The molecule has 5 heteroatoms. The number of carbonyl (C=O) groups is 1. The van der Waals surface area contributed by atoms with Crippen molar-refractivity contribution in [2.24, 2.45) is 5.73 Å². The number of primary amides is 1. The molecular weight excluding hydrogens is 336 g/mol. The van der Waals surface area contributed by atoms with E-state index in [0.717, 1.165) is 49.5 Å². The van der Waals surface area contributed by atoms with E-state index in [1.54, 1.807) is 12.1 Å². The molecule has 1 amide bonds. The fourth-order valence-electron chi connectivity index (χ4n) is 3.70. The van der Waals surface area contributed by atoms with E-state index in [9.17, 15) is 4.79 Å². The van der Waals surface area contributed by atoms with Crippen molar-refractivity contribution in [2.75, 3.05) is 36.0 Å². The van der Waals surface area contributed by atoms with Crippen LogP contribution in [0.15, 0.2) is 54.6 Å². The van der Waals surface area contributed by atoms with Gasteiger partial charge in [0.05, 0.1) is 5.52 Å². The van der Waals surface area contributed by atoms with E-state index in [4.69, 9.17) is 10.7 Å². The average Bonchev–Trinajstić information content (AvgIpc) is 2.73. The lowest BCUT2D eigenvalue weighted by Crippen LogP contribution is -2.46. The molecule has 0 unspecified atom stereocenters. The van der Waals surface area contributed by atoms with E-state index in [0.29, 0.717) is 5.56 Å². The molecule has 2 aromatic carbocycles. The van der Waals surface area contributed by atoms with Crippen LogP contribution in [0.5, 0.6) is 0 Å². The Bertz CT molecular complexity index is 960. The summed E-state index contributed by atoms with van der Waals surface area (Å²) in [6, 6.07) is 18.2. The van der Waals surface area contributed by atoms with E-state index in [-0.39, 0.29) is 5.91 Å². The zero-order valence-electron chi connectivity index (χ0n) is 15.6. The van der Waals surface area contributed by atoms with Crippen molar-refractivity contribution in [1.29, 1.82) is 0 Å². The summed E-state index contributed by atoms with van der Waals surface area (Å²) in [6.45, 7) is 5.93. The predicted octanol–water partition coefficient (Wildman–Crippen LogP) is 3.22. The number of hydrogen-bond donors (Lipinski definition) is 1. The number of nitrogens with zero attached hydrogens (tertiary/aromatic N) is 3. The number of hydrogen-bond acceptors (Lipinski definition) is 4. The van der Waals surface area contributed by atoms with E-state index < -0.39 is 0 Å². The minimum absolute atomic E-state index is 0.386. The molecule has 1 saturated heterocycles. The van der Waals surface area contributed by atoms with Crippen LogP contribution in [0.4, 0.5) is 11.4 Å². The molecule has 27 heavy (non-hydrogen) atoms. The Morgan fingerprint density at radius 3 is 2.33 bits per heavy atom. The van der Waals surface area contributed by atoms with Gasteiger partial charge in [0.1, 0.15) is 0 Å². The van der Waals surface area contributed by atoms with Crippen LogP contribution in [0.1, 0.15) is 23.0 Å². The van der Waals surface area contributed by atoms with Gasteiger partial charge in [-0.1, -0.05) is 25.1 Å².